The molecule has 23 heavy (non-hydrogen) atoms. The van der Waals surface area contributed by atoms with E-state index in [4.69, 9.17) is 5.73 Å². The van der Waals surface area contributed by atoms with Gasteiger partial charge in [-0.15, -0.1) is 0 Å². The molecule has 1 atom stereocenters. The molecule has 2 rings (SSSR count). The maximum Gasteiger partial charge on any atom is 0.312 e. The number of benzene rings is 1. The van der Waals surface area contributed by atoms with Crippen molar-refractivity contribution in [1.82, 2.24) is 10.6 Å². The lowest BCUT2D eigenvalue weighted by atomic mass is 9.87. The van der Waals surface area contributed by atoms with Crippen LogP contribution in [0.5, 0.6) is 0 Å². The minimum absolute atomic E-state index is 0.0498. The van der Waals surface area contributed by atoms with Crippen LogP contribution in [0.2, 0.25) is 0 Å². The molecule has 1 fully saturated rings. The summed E-state index contributed by atoms with van der Waals surface area (Å²) in [5, 5.41) is 5.74. The van der Waals surface area contributed by atoms with Crippen molar-refractivity contribution in [3.63, 3.8) is 0 Å². The monoisotopic (exact) mass is 381 g/mol. The lowest BCUT2D eigenvalue weighted by molar-refractivity contribution is -0.122. The van der Waals surface area contributed by atoms with Crippen molar-refractivity contribution in [1.29, 1.82) is 0 Å². The highest BCUT2D eigenvalue weighted by Gasteiger charge is 2.22. The summed E-state index contributed by atoms with van der Waals surface area (Å²) >= 11 is 3.38. The molecule has 0 unspecified atom stereocenters. The fourth-order valence-electron chi connectivity index (χ4n) is 3.00. The van der Waals surface area contributed by atoms with Crippen molar-refractivity contribution < 1.29 is 9.59 Å². The SMILES string of the molecule is CC1CCC(NC(=O)C[C@H](NC(N)=O)c2ccc(Br)cc2)CC1. The van der Waals surface area contributed by atoms with Crippen molar-refractivity contribution >= 4 is 27.9 Å². The van der Waals surface area contributed by atoms with Gasteiger partial charge in [-0.1, -0.05) is 35.0 Å². The molecule has 1 aromatic carbocycles. The van der Waals surface area contributed by atoms with E-state index in [0.29, 0.717) is 0 Å². The van der Waals surface area contributed by atoms with Crippen LogP contribution in [0.1, 0.15) is 50.6 Å². The number of carbonyl (C=O) groups is 2. The van der Waals surface area contributed by atoms with Gasteiger partial charge in [0.1, 0.15) is 0 Å². The predicted molar refractivity (Wildman–Crippen MR) is 93.8 cm³/mol. The summed E-state index contributed by atoms with van der Waals surface area (Å²) in [5.74, 6) is 0.696. The highest BCUT2D eigenvalue weighted by molar-refractivity contribution is 9.10. The molecule has 0 bridgehead atoms. The van der Waals surface area contributed by atoms with Crippen molar-refractivity contribution in [2.45, 2.75) is 51.1 Å². The number of nitrogens with one attached hydrogen (secondary N) is 2. The molecule has 0 saturated heterocycles. The van der Waals surface area contributed by atoms with Gasteiger partial charge in [0.05, 0.1) is 12.5 Å². The summed E-state index contributed by atoms with van der Waals surface area (Å²) in [6.45, 7) is 2.25. The largest absolute Gasteiger partial charge is 0.353 e. The van der Waals surface area contributed by atoms with Gasteiger partial charge in [-0.3, -0.25) is 4.79 Å². The van der Waals surface area contributed by atoms with Gasteiger partial charge in [0.2, 0.25) is 5.91 Å². The van der Waals surface area contributed by atoms with Gasteiger partial charge in [0, 0.05) is 10.5 Å². The topological polar surface area (TPSA) is 84.2 Å². The Morgan fingerprint density at radius 3 is 2.39 bits per heavy atom. The minimum Gasteiger partial charge on any atom is -0.353 e. The molecule has 0 aliphatic heterocycles. The third-order valence-electron chi connectivity index (χ3n) is 4.36. The Kier molecular flexibility index (Phi) is 6.45. The van der Waals surface area contributed by atoms with E-state index in [1.54, 1.807) is 0 Å². The third kappa shape index (κ3) is 5.86. The van der Waals surface area contributed by atoms with E-state index in [-0.39, 0.29) is 18.4 Å². The summed E-state index contributed by atoms with van der Waals surface area (Å²) in [6.07, 6.45) is 4.55. The van der Waals surface area contributed by atoms with Gasteiger partial charge in [0.25, 0.3) is 0 Å². The van der Waals surface area contributed by atoms with Gasteiger partial charge in [-0.2, -0.15) is 0 Å². The quantitative estimate of drug-likeness (QED) is 0.731. The van der Waals surface area contributed by atoms with Gasteiger partial charge >= 0.3 is 6.03 Å². The van der Waals surface area contributed by atoms with Crippen molar-refractivity contribution in [3.8, 4) is 0 Å². The Morgan fingerprint density at radius 2 is 1.83 bits per heavy atom. The molecule has 3 amide bonds. The second-order valence-electron chi connectivity index (χ2n) is 6.34. The minimum atomic E-state index is -0.628. The smallest absolute Gasteiger partial charge is 0.312 e. The first kappa shape index (κ1) is 17.8. The predicted octanol–water partition coefficient (Wildman–Crippen LogP) is 3.24. The van der Waals surface area contributed by atoms with E-state index >= 15 is 0 Å². The lowest BCUT2D eigenvalue weighted by Gasteiger charge is -2.27. The number of urea groups is 1. The van der Waals surface area contributed by atoms with Crippen molar-refractivity contribution in [3.05, 3.63) is 34.3 Å². The van der Waals surface area contributed by atoms with Gasteiger partial charge in [-0.05, 0) is 49.3 Å². The Bertz CT molecular complexity index is 539. The van der Waals surface area contributed by atoms with Crippen LogP contribution in [0, 0.1) is 5.92 Å². The second-order valence-corrected chi connectivity index (χ2v) is 7.26. The number of halogens is 1. The van der Waals surface area contributed by atoms with Crippen LogP contribution in [-0.4, -0.2) is 18.0 Å². The van der Waals surface area contributed by atoms with E-state index < -0.39 is 12.1 Å². The van der Waals surface area contributed by atoms with Crippen molar-refractivity contribution in [2.24, 2.45) is 11.7 Å². The van der Waals surface area contributed by atoms with Crippen molar-refractivity contribution in [2.75, 3.05) is 0 Å². The maximum absolute atomic E-state index is 12.3. The number of carbonyl (C=O) groups excluding carboxylic acids is 2. The number of amides is 3. The maximum atomic E-state index is 12.3. The van der Waals surface area contributed by atoms with E-state index in [1.165, 1.54) is 0 Å². The highest BCUT2D eigenvalue weighted by atomic mass is 79.9. The molecule has 1 aliphatic rings. The molecule has 6 heteroatoms. The number of primary amides is 1. The van der Waals surface area contributed by atoms with Crippen LogP contribution in [0.25, 0.3) is 0 Å². The molecule has 1 aromatic rings. The number of nitrogens with two attached hydrogens (primary N) is 1. The van der Waals surface area contributed by atoms with Gasteiger partial charge < -0.3 is 16.4 Å². The average Bonchev–Trinajstić information content (AvgIpc) is 2.49. The molecule has 1 aliphatic carbocycles. The zero-order valence-corrected chi connectivity index (χ0v) is 14.9. The highest BCUT2D eigenvalue weighted by Crippen LogP contribution is 2.24. The molecule has 0 spiro atoms. The molecule has 0 aromatic heterocycles. The van der Waals surface area contributed by atoms with E-state index in [9.17, 15) is 9.59 Å². The van der Waals surface area contributed by atoms with Crippen LogP contribution in [0.3, 0.4) is 0 Å². The first-order valence-electron chi connectivity index (χ1n) is 8.05. The Hall–Kier alpha value is -1.56. The fraction of sp³-hybridized carbons (Fsp3) is 0.529. The number of hydrogen-bond donors (Lipinski definition) is 3. The van der Waals surface area contributed by atoms with Crippen LogP contribution >= 0.6 is 15.9 Å². The van der Waals surface area contributed by atoms with Gasteiger partial charge in [0.15, 0.2) is 0 Å². The normalized spacial score (nSPS) is 22.2. The Balaban J connectivity index is 1.95. The molecule has 0 radical (unpaired) electrons. The summed E-state index contributed by atoms with van der Waals surface area (Å²) in [5.41, 5.74) is 6.11. The lowest BCUT2D eigenvalue weighted by Crippen LogP contribution is -2.41. The summed E-state index contributed by atoms with van der Waals surface area (Å²) in [6, 6.07) is 6.72. The number of hydrogen-bond acceptors (Lipinski definition) is 2. The molecular formula is C17H24BrN3O2. The second kappa shape index (κ2) is 8.34. The third-order valence-corrected chi connectivity index (χ3v) is 4.89. The molecule has 0 heterocycles. The summed E-state index contributed by atoms with van der Waals surface area (Å²) in [7, 11) is 0. The zero-order valence-electron chi connectivity index (χ0n) is 13.3. The molecule has 1 saturated carbocycles. The molecule has 126 valence electrons. The van der Waals surface area contributed by atoms with Crippen LogP contribution < -0.4 is 16.4 Å². The van der Waals surface area contributed by atoms with Crippen LogP contribution in [0.4, 0.5) is 4.79 Å². The van der Waals surface area contributed by atoms with E-state index in [0.717, 1.165) is 41.6 Å². The van der Waals surface area contributed by atoms with Crippen LogP contribution in [-0.2, 0) is 4.79 Å². The van der Waals surface area contributed by atoms with Crippen LogP contribution in [0.15, 0.2) is 28.7 Å². The van der Waals surface area contributed by atoms with E-state index in [2.05, 4.69) is 33.5 Å². The molecule has 4 N–H and O–H groups in total. The van der Waals surface area contributed by atoms with E-state index in [1.807, 2.05) is 24.3 Å². The first-order valence-corrected chi connectivity index (χ1v) is 8.84. The zero-order chi connectivity index (χ0) is 16.8. The average molecular weight is 382 g/mol. The first-order chi connectivity index (χ1) is 10.9. The fourth-order valence-corrected chi connectivity index (χ4v) is 3.26. The molecular weight excluding hydrogens is 358 g/mol. The van der Waals surface area contributed by atoms with Gasteiger partial charge in [-0.25, -0.2) is 4.79 Å². The Morgan fingerprint density at radius 1 is 1.22 bits per heavy atom. The standard InChI is InChI=1S/C17H24BrN3O2/c1-11-2-8-14(9-3-11)20-16(22)10-15(21-17(19)23)12-4-6-13(18)7-5-12/h4-7,11,14-15H,2-3,8-10H2,1H3,(H,20,22)(H3,19,21,23)/t11?,14?,15-/m0/s1. The Labute approximate surface area is 145 Å². The molecule has 5 nitrogen and oxygen atoms in total. The number of rotatable bonds is 5. The summed E-state index contributed by atoms with van der Waals surface area (Å²) in [4.78, 5) is 23.5. The summed E-state index contributed by atoms with van der Waals surface area (Å²) < 4.78 is 0.944.